The van der Waals surface area contributed by atoms with Crippen LogP contribution in [0, 0.1) is 11.3 Å². The number of nitriles is 1. The molecule has 0 radical (unpaired) electrons. The van der Waals surface area contributed by atoms with Gasteiger partial charge in [-0.1, -0.05) is 0 Å². The second-order valence-corrected chi connectivity index (χ2v) is 6.60. The Morgan fingerprint density at radius 2 is 1.93 bits per heavy atom. The van der Waals surface area contributed by atoms with E-state index in [9.17, 15) is 4.79 Å². The zero-order valence-electron chi connectivity index (χ0n) is 15.4. The van der Waals surface area contributed by atoms with Crippen LogP contribution in [-0.4, -0.2) is 40.0 Å². The zero-order chi connectivity index (χ0) is 20.2. The van der Waals surface area contributed by atoms with E-state index in [-0.39, 0.29) is 6.04 Å². The molecule has 1 amide bonds. The van der Waals surface area contributed by atoms with Crippen molar-refractivity contribution in [3.05, 3.63) is 66.2 Å². The average molecular weight is 386 g/mol. The maximum atomic E-state index is 11.8. The van der Waals surface area contributed by atoms with E-state index in [4.69, 9.17) is 11.0 Å². The van der Waals surface area contributed by atoms with Gasteiger partial charge in [-0.05, 0) is 24.3 Å². The van der Waals surface area contributed by atoms with E-state index < -0.39 is 5.91 Å². The molecule has 4 N–H and O–H groups in total. The molecule has 2 aromatic heterocycles. The first-order valence-corrected chi connectivity index (χ1v) is 8.97. The van der Waals surface area contributed by atoms with Gasteiger partial charge in [0.1, 0.15) is 11.6 Å². The van der Waals surface area contributed by atoms with Crippen LogP contribution in [0.3, 0.4) is 0 Å². The van der Waals surface area contributed by atoms with Crippen LogP contribution < -0.4 is 21.3 Å². The first-order valence-electron chi connectivity index (χ1n) is 8.97. The first kappa shape index (κ1) is 18.2. The van der Waals surface area contributed by atoms with Gasteiger partial charge in [-0.2, -0.15) is 5.26 Å². The number of nitrogens with one attached hydrogen (secondary N) is 2. The van der Waals surface area contributed by atoms with Gasteiger partial charge < -0.3 is 21.3 Å². The Morgan fingerprint density at radius 1 is 1.14 bits per heavy atom. The van der Waals surface area contributed by atoms with Crippen LogP contribution in [0.15, 0.2) is 55.1 Å². The maximum absolute atomic E-state index is 11.8. The van der Waals surface area contributed by atoms with Crippen molar-refractivity contribution in [3.63, 3.8) is 0 Å². The SMILES string of the molecule is N#Cc1ccc(N2CC(Nc3cc(Nc4cnccn4)ncc3C(N)=O)C2)cc1. The number of pyridine rings is 1. The summed E-state index contributed by atoms with van der Waals surface area (Å²) in [6.45, 7) is 1.53. The Kier molecular flexibility index (Phi) is 4.90. The number of nitrogens with zero attached hydrogens (tertiary/aromatic N) is 5. The number of hydrogen-bond acceptors (Lipinski definition) is 8. The Bertz CT molecular complexity index is 1060. The van der Waals surface area contributed by atoms with Crippen molar-refractivity contribution in [3.8, 4) is 6.07 Å². The molecule has 9 nitrogen and oxygen atoms in total. The van der Waals surface area contributed by atoms with Crippen LogP contribution >= 0.6 is 0 Å². The summed E-state index contributed by atoms with van der Waals surface area (Å²) in [4.78, 5) is 26.4. The smallest absolute Gasteiger partial charge is 0.252 e. The highest BCUT2D eigenvalue weighted by atomic mass is 16.1. The number of amides is 1. The highest BCUT2D eigenvalue weighted by Gasteiger charge is 2.28. The number of aromatic nitrogens is 3. The van der Waals surface area contributed by atoms with Crippen molar-refractivity contribution in [1.29, 1.82) is 5.26 Å². The molecule has 144 valence electrons. The third-order valence-electron chi connectivity index (χ3n) is 4.59. The van der Waals surface area contributed by atoms with Crippen LogP contribution in [0.1, 0.15) is 15.9 Å². The number of rotatable bonds is 6. The van der Waals surface area contributed by atoms with Crippen molar-refractivity contribution in [1.82, 2.24) is 15.0 Å². The summed E-state index contributed by atoms with van der Waals surface area (Å²) in [6.07, 6.45) is 6.18. The molecule has 29 heavy (non-hydrogen) atoms. The summed E-state index contributed by atoms with van der Waals surface area (Å²) in [7, 11) is 0. The van der Waals surface area contributed by atoms with Gasteiger partial charge in [0.15, 0.2) is 0 Å². The number of hydrogen-bond donors (Lipinski definition) is 3. The molecule has 4 rings (SSSR count). The summed E-state index contributed by atoms with van der Waals surface area (Å²) in [5.74, 6) is 0.531. The average Bonchev–Trinajstić information content (AvgIpc) is 2.71. The highest BCUT2D eigenvalue weighted by molar-refractivity contribution is 5.98. The summed E-state index contributed by atoms with van der Waals surface area (Å²) >= 11 is 0. The Balaban J connectivity index is 1.45. The fourth-order valence-electron chi connectivity index (χ4n) is 3.08. The molecule has 1 aliphatic rings. The van der Waals surface area contributed by atoms with Gasteiger partial charge >= 0.3 is 0 Å². The zero-order valence-corrected chi connectivity index (χ0v) is 15.4. The fraction of sp³-hybridized carbons (Fsp3) is 0.150. The molecule has 1 aliphatic heterocycles. The van der Waals surface area contributed by atoms with Gasteiger partial charge in [-0.15, -0.1) is 0 Å². The lowest BCUT2D eigenvalue weighted by Crippen LogP contribution is -2.55. The van der Waals surface area contributed by atoms with Gasteiger partial charge in [0.05, 0.1) is 35.1 Å². The minimum absolute atomic E-state index is 0.149. The minimum atomic E-state index is -0.547. The van der Waals surface area contributed by atoms with Crippen LogP contribution in [-0.2, 0) is 0 Å². The van der Waals surface area contributed by atoms with Gasteiger partial charge in [-0.25, -0.2) is 9.97 Å². The third-order valence-corrected chi connectivity index (χ3v) is 4.59. The maximum Gasteiger partial charge on any atom is 0.252 e. The molecule has 0 bridgehead atoms. The van der Waals surface area contributed by atoms with Crippen LogP contribution in [0.4, 0.5) is 23.0 Å². The van der Waals surface area contributed by atoms with Gasteiger partial charge in [0.25, 0.3) is 5.91 Å². The molecule has 0 aliphatic carbocycles. The topological polar surface area (TPSA) is 133 Å². The number of anilines is 4. The van der Waals surface area contributed by atoms with Crippen molar-refractivity contribution >= 4 is 28.9 Å². The van der Waals surface area contributed by atoms with Crippen molar-refractivity contribution in [2.24, 2.45) is 5.73 Å². The van der Waals surface area contributed by atoms with Gasteiger partial charge in [0.2, 0.25) is 0 Å². The van der Waals surface area contributed by atoms with Gasteiger partial charge in [0, 0.05) is 43.4 Å². The van der Waals surface area contributed by atoms with Crippen molar-refractivity contribution < 1.29 is 4.79 Å². The quantitative estimate of drug-likeness (QED) is 0.585. The van der Waals surface area contributed by atoms with E-state index in [2.05, 4.69) is 36.6 Å². The van der Waals surface area contributed by atoms with Crippen molar-refractivity contribution in [2.75, 3.05) is 28.6 Å². The van der Waals surface area contributed by atoms with E-state index in [0.717, 1.165) is 18.8 Å². The number of nitrogens with two attached hydrogens (primary N) is 1. The Hall–Kier alpha value is -4.19. The van der Waals surface area contributed by atoms with E-state index in [1.807, 2.05) is 12.1 Å². The predicted molar refractivity (Wildman–Crippen MR) is 109 cm³/mol. The molecule has 9 heteroatoms. The largest absolute Gasteiger partial charge is 0.378 e. The predicted octanol–water partition coefficient (Wildman–Crippen LogP) is 1.89. The lowest BCUT2D eigenvalue weighted by atomic mass is 10.1. The van der Waals surface area contributed by atoms with Crippen LogP contribution in [0.5, 0.6) is 0 Å². The summed E-state index contributed by atoms with van der Waals surface area (Å²) in [5.41, 5.74) is 8.13. The Labute approximate surface area is 167 Å². The Morgan fingerprint density at radius 3 is 2.59 bits per heavy atom. The van der Waals surface area contributed by atoms with E-state index in [1.165, 1.54) is 6.20 Å². The van der Waals surface area contributed by atoms with E-state index >= 15 is 0 Å². The highest BCUT2D eigenvalue weighted by Crippen LogP contribution is 2.26. The monoisotopic (exact) mass is 386 g/mol. The van der Waals surface area contributed by atoms with Crippen LogP contribution in [0.25, 0.3) is 0 Å². The third kappa shape index (κ3) is 4.06. The van der Waals surface area contributed by atoms with E-state index in [1.54, 1.807) is 36.8 Å². The number of primary amides is 1. The normalized spacial score (nSPS) is 13.3. The number of carbonyl (C=O) groups is 1. The molecule has 0 saturated carbocycles. The molecule has 0 spiro atoms. The standard InChI is InChI=1S/C20H18N8O/c21-8-13-1-3-15(4-2-13)28-11-14(12-28)26-17-7-18(25-9-16(17)20(22)29)27-19-10-23-5-6-24-19/h1-7,9-10,14H,11-12H2,(H2,22,29)(H2,24,25,26,27). The second kappa shape index (κ2) is 7.82. The van der Waals surface area contributed by atoms with Crippen molar-refractivity contribution in [2.45, 2.75) is 6.04 Å². The number of benzene rings is 1. The molecule has 0 atom stereocenters. The lowest BCUT2D eigenvalue weighted by molar-refractivity contribution is 0.100. The van der Waals surface area contributed by atoms with Crippen LogP contribution in [0.2, 0.25) is 0 Å². The molecular formula is C20H18N8O. The van der Waals surface area contributed by atoms with E-state index in [0.29, 0.717) is 28.5 Å². The molecule has 3 heterocycles. The molecule has 1 fully saturated rings. The summed E-state index contributed by atoms with van der Waals surface area (Å²) in [5, 5.41) is 15.3. The molecule has 0 unspecified atom stereocenters. The summed E-state index contributed by atoms with van der Waals surface area (Å²) < 4.78 is 0. The fourth-order valence-corrected chi connectivity index (χ4v) is 3.08. The molecule has 1 saturated heterocycles. The minimum Gasteiger partial charge on any atom is -0.378 e. The molecular weight excluding hydrogens is 368 g/mol. The lowest BCUT2D eigenvalue weighted by Gasteiger charge is -2.42. The molecule has 1 aromatic carbocycles. The number of carbonyl (C=O) groups excluding carboxylic acids is 1. The first-order chi connectivity index (χ1) is 14.1. The molecule has 3 aromatic rings. The summed E-state index contributed by atoms with van der Waals surface area (Å²) in [6, 6.07) is 11.5. The van der Waals surface area contributed by atoms with Gasteiger partial charge in [-0.3, -0.25) is 9.78 Å². The second-order valence-electron chi connectivity index (χ2n) is 6.60.